The number of aliphatic hydroxyl groups is 1. The molecule has 18 heavy (non-hydrogen) atoms. The van der Waals surface area contributed by atoms with Crippen LogP contribution < -0.4 is 0 Å². The Labute approximate surface area is 104 Å². The van der Waals surface area contributed by atoms with E-state index in [-0.39, 0.29) is 18.9 Å². The zero-order valence-corrected chi connectivity index (χ0v) is 10.4. The van der Waals surface area contributed by atoms with Gasteiger partial charge in [-0.1, -0.05) is 12.1 Å². The van der Waals surface area contributed by atoms with Gasteiger partial charge in [0, 0.05) is 0 Å². The Hall–Kier alpha value is -1.47. The average Bonchev–Trinajstić information content (AvgIpc) is 2.29. The molecule has 2 N–H and O–H groups in total. The van der Waals surface area contributed by atoms with E-state index in [9.17, 15) is 13.4 Å². The van der Waals surface area contributed by atoms with Crippen LogP contribution in [0.25, 0.3) is 0 Å². The van der Waals surface area contributed by atoms with Crippen LogP contribution in [0, 0.1) is 5.82 Å². The smallest absolute Gasteiger partial charge is 0.317 e. The van der Waals surface area contributed by atoms with Crippen molar-refractivity contribution < 1.29 is 23.6 Å². The molecule has 1 unspecified atom stereocenters. The van der Waals surface area contributed by atoms with Gasteiger partial charge >= 0.3 is 5.97 Å². The molecule has 0 saturated carbocycles. The number of rotatable bonds is 6. The van der Waals surface area contributed by atoms with E-state index in [1.807, 2.05) is 0 Å². The van der Waals surface area contributed by atoms with Gasteiger partial charge < -0.3 is 10.2 Å². The summed E-state index contributed by atoms with van der Waals surface area (Å²) in [6, 6.07) is 5.29. The van der Waals surface area contributed by atoms with Gasteiger partial charge in [-0.3, -0.25) is 4.79 Å². The summed E-state index contributed by atoms with van der Waals surface area (Å²) in [7, 11) is -2.97. The average molecular weight is 275 g/mol. The normalized spacial score (nSPS) is 13.9. The number of carboxylic acid groups (broad SMARTS) is 1. The van der Waals surface area contributed by atoms with Crippen molar-refractivity contribution in [2.45, 2.75) is 5.75 Å². The maximum Gasteiger partial charge on any atom is 0.317 e. The molecule has 0 bridgehead atoms. The number of carboxylic acids is 1. The second kappa shape index (κ2) is 6.46. The minimum Gasteiger partial charge on any atom is -0.481 e. The molecule has 1 aromatic carbocycles. The zero-order chi connectivity index (χ0) is 13.6. The van der Waals surface area contributed by atoms with Crippen molar-refractivity contribution >= 4 is 15.7 Å². The highest BCUT2D eigenvalue weighted by Gasteiger charge is 2.15. The number of benzene rings is 1. The summed E-state index contributed by atoms with van der Waals surface area (Å²) in [6.07, 6.45) is 0. The molecule has 0 aliphatic carbocycles. The standard InChI is InChI=1S/C11H14FNO4S/c12-10-3-1-9(2-4-10)7-18(17,8-11(15)16)13-5-6-14/h1-4,14H,5-8H2,(H,15,16). The van der Waals surface area contributed by atoms with Crippen LogP contribution in [0.1, 0.15) is 5.56 Å². The summed E-state index contributed by atoms with van der Waals surface area (Å²) in [5, 5.41) is 17.4. The Morgan fingerprint density at radius 2 is 1.94 bits per heavy atom. The predicted octanol–water partition coefficient (Wildman–Crippen LogP) is 0.871. The largest absolute Gasteiger partial charge is 0.481 e. The topological polar surface area (TPSA) is 87.0 Å². The quantitative estimate of drug-likeness (QED) is 0.806. The number of carbonyl (C=O) groups is 1. The Kier molecular flexibility index (Phi) is 5.24. The molecule has 1 aromatic rings. The molecule has 0 amide bonds. The van der Waals surface area contributed by atoms with Crippen LogP contribution in [0.4, 0.5) is 4.39 Å². The van der Waals surface area contributed by atoms with Crippen molar-refractivity contribution in [2.75, 3.05) is 18.9 Å². The van der Waals surface area contributed by atoms with Gasteiger partial charge in [-0.15, -0.1) is 0 Å². The number of aliphatic carboxylic acids is 1. The molecule has 0 aliphatic rings. The first-order chi connectivity index (χ1) is 8.45. The maximum absolute atomic E-state index is 12.7. The molecule has 5 nitrogen and oxygen atoms in total. The van der Waals surface area contributed by atoms with Gasteiger partial charge in [0.05, 0.1) is 28.6 Å². The van der Waals surface area contributed by atoms with E-state index in [2.05, 4.69) is 4.36 Å². The fraction of sp³-hybridized carbons (Fsp3) is 0.364. The fourth-order valence-electron chi connectivity index (χ4n) is 1.38. The minimum absolute atomic E-state index is 0.0699. The Balaban J connectivity index is 2.95. The Morgan fingerprint density at radius 1 is 1.33 bits per heavy atom. The molecular weight excluding hydrogens is 261 g/mol. The molecule has 0 saturated heterocycles. The molecule has 0 heterocycles. The molecular formula is C11H14FNO4S. The molecule has 0 aromatic heterocycles. The lowest BCUT2D eigenvalue weighted by atomic mass is 10.2. The summed E-state index contributed by atoms with van der Waals surface area (Å²) < 4.78 is 28.7. The third kappa shape index (κ3) is 4.80. The third-order valence-electron chi connectivity index (χ3n) is 2.08. The SMILES string of the molecule is O=C(O)CS(=O)(Cc1ccc(F)cc1)=NCCO. The summed E-state index contributed by atoms with van der Waals surface area (Å²) in [6.45, 7) is -0.368. The second-order valence-corrected chi connectivity index (χ2v) is 6.04. The number of aliphatic hydroxyl groups excluding tert-OH is 1. The molecule has 0 radical (unpaired) electrons. The fourth-order valence-corrected chi connectivity index (χ4v) is 3.18. The van der Waals surface area contributed by atoms with Crippen LogP contribution >= 0.6 is 0 Å². The van der Waals surface area contributed by atoms with Gasteiger partial charge in [-0.05, 0) is 17.7 Å². The lowest BCUT2D eigenvalue weighted by Gasteiger charge is -2.08. The highest BCUT2D eigenvalue weighted by atomic mass is 32.2. The lowest BCUT2D eigenvalue weighted by Crippen LogP contribution is -2.18. The van der Waals surface area contributed by atoms with Crippen LogP contribution in [-0.2, 0) is 20.3 Å². The molecule has 7 heteroatoms. The number of nitrogens with zero attached hydrogens (tertiary/aromatic N) is 1. The van der Waals surface area contributed by atoms with Crippen molar-refractivity contribution in [1.82, 2.24) is 0 Å². The van der Waals surface area contributed by atoms with E-state index in [1.54, 1.807) is 0 Å². The van der Waals surface area contributed by atoms with Crippen molar-refractivity contribution in [2.24, 2.45) is 4.36 Å². The zero-order valence-electron chi connectivity index (χ0n) is 9.58. The van der Waals surface area contributed by atoms with Crippen LogP contribution in [0.15, 0.2) is 28.6 Å². The monoisotopic (exact) mass is 275 g/mol. The van der Waals surface area contributed by atoms with E-state index in [0.717, 1.165) is 0 Å². The summed E-state index contributed by atoms with van der Waals surface area (Å²) in [5.41, 5.74) is 0.546. The molecule has 1 atom stereocenters. The molecule has 1 rings (SSSR count). The first-order valence-corrected chi connectivity index (χ1v) is 7.06. The molecule has 100 valence electrons. The summed E-state index contributed by atoms with van der Waals surface area (Å²) in [5.74, 6) is -2.30. The van der Waals surface area contributed by atoms with Gasteiger partial charge in [0.25, 0.3) is 0 Å². The van der Waals surface area contributed by atoms with Crippen molar-refractivity contribution in [1.29, 1.82) is 0 Å². The lowest BCUT2D eigenvalue weighted by molar-refractivity contribution is -0.134. The van der Waals surface area contributed by atoms with Gasteiger partial charge in [0.15, 0.2) is 0 Å². The van der Waals surface area contributed by atoms with Gasteiger partial charge in [-0.2, -0.15) is 0 Å². The van der Waals surface area contributed by atoms with Crippen molar-refractivity contribution in [3.8, 4) is 0 Å². The highest BCUT2D eigenvalue weighted by Crippen LogP contribution is 2.10. The van der Waals surface area contributed by atoms with E-state index in [0.29, 0.717) is 5.56 Å². The predicted molar refractivity (Wildman–Crippen MR) is 65.1 cm³/mol. The van der Waals surface area contributed by atoms with Crippen LogP contribution in [0.5, 0.6) is 0 Å². The molecule has 0 spiro atoms. The number of hydrogen-bond donors (Lipinski definition) is 2. The van der Waals surface area contributed by atoms with Gasteiger partial charge in [-0.25, -0.2) is 13.0 Å². The maximum atomic E-state index is 12.7. The van der Waals surface area contributed by atoms with Crippen LogP contribution in [-0.4, -0.2) is 39.3 Å². The summed E-state index contributed by atoms with van der Waals surface area (Å²) in [4.78, 5) is 10.7. The number of hydrogen-bond acceptors (Lipinski definition) is 4. The minimum atomic E-state index is -2.97. The second-order valence-electron chi connectivity index (χ2n) is 3.66. The Morgan fingerprint density at radius 3 is 2.44 bits per heavy atom. The highest BCUT2D eigenvalue weighted by molar-refractivity contribution is 7.93. The van der Waals surface area contributed by atoms with Gasteiger partial charge in [0.2, 0.25) is 0 Å². The number of halogens is 1. The van der Waals surface area contributed by atoms with Gasteiger partial charge in [0.1, 0.15) is 11.6 Å². The van der Waals surface area contributed by atoms with E-state index >= 15 is 0 Å². The molecule has 0 fully saturated rings. The van der Waals surface area contributed by atoms with E-state index in [4.69, 9.17) is 10.2 Å². The van der Waals surface area contributed by atoms with Crippen LogP contribution in [0.2, 0.25) is 0 Å². The third-order valence-corrected chi connectivity index (χ3v) is 4.22. The Bertz CT molecular complexity index is 520. The molecule has 0 aliphatic heterocycles. The van der Waals surface area contributed by atoms with Crippen molar-refractivity contribution in [3.63, 3.8) is 0 Å². The summed E-state index contributed by atoms with van der Waals surface area (Å²) >= 11 is 0. The van der Waals surface area contributed by atoms with Crippen LogP contribution in [0.3, 0.4) is 0 Å². The van der Waals surface area contributed by atoms with E-state index in [1.165, 1.54) is 24.3 Å². The van der Waals surface area contributed by atoms with E-state index < -0.39 is 27.3 Å². The van der Waals surface area contributed by atoms with Crippen molar-refractivity contribution in [3.05, 3.63) is 35.6 Å². The first-order valence-electron chi connectivity index (χ1n) is 5.20. The first kappa shape index (κ1) is 14.6.